The van der Waals surface area contributed by atoms with Crippen LogP contribution in [0.15, 0.2) is 54.7 Å². The summed E-state index contributed by atoms with van der Waals surface area (Å²) in [5.74, 6) is 0.871. The number of methoxy groups -OCH3 is 1. The minimum absolute atomic E-state index is 0.207. The molecular formula is C26H32N4O3. The molecule has 33 heavy (non-hydrogen) atoms. The third kappa shape index (κ3) is 5.26. The summed E-state index contributed by atoms with van der Waals surface area (Å²) in [6, 6.07) is 15.7. The average Bonchev–Trinajstić information content (AvgIpc) is 3.27. The third-order valence-electron chi connectivity index (χ3n) is 6.36. The second-order valence-electron chi connectivity index (χ2n) is 8.76. The Hall–Kier alpha value is -3.16. The first-order chi connectivity index (χ1) is 16.0. The predicted molar refractivity (Wildman–Crippen MR) is 128 cm³/mol. The normalized spacial score (nSPS) is 16.0. The molecule has 7 heteroatoms. The quantitative estimate of drug-likeness (QED) is 0.561. The van der Waals surface area contributed by atoms with Crippen molar-refractivity contribution in [3.8, 4) is 5.75 Å². The molecule has 0 aliphatic carbocycles. The molecule has 0 radical (unpaired) electrons. The molecule has 2 N–H and O–H groups in total. The number of ether oxygens (including phenoxy) is 1. The van der Waals surface area contributed by atoms with Gasteiger partial charge in [-0.1, -0.05) is 42.5 Å². The monoisotopic (exact) mass is 448 g/mol. The van der Waals surface area contributed by atoms with Gasteiger partial charge in [0.15, 0.2) is 6.10 Å². The van der Waals surface area contributed by atoms with Gasteiger partial charge in [0, 0.05) is 32.8 Å². The van der Waals surface area contributed by atoms with Gasteiger partial charge in [0.1, 0.15) is 11.6 Å². The van der Waals surface area contributed by atoms with Gasteiger partial charge in [0.2, 0.25) is 0 Å². The molecule has 0 bridgehead atoms. The van der Waals surface area contributed by atoms with Crippen LogP contribution in [-0.2, 0) is 16.1 Å². The van der Waals surface area contributed by atoms with Crippen LogP contribution in [0.1, 0.15) is 47.2 Å². The Morgan fingerprint density at radius 1 is 1.15 bits per heavy atom. The molecule has 1 aromatic heterocycles. The van der Waals surface area contributed by atoms with Gasteiger partial charge in [0.05, 0.1) is 12.2 Å². The zero-order valence-corrected chi connectivity index (χ0v) is 19.5. The van der Waals surface area contributed by atoms with Gasteiger partial charge in [-0.05, 0) is 48.9 Å². The predicted octanol–water partition coefficient (Wildman–Crippen LogP) is 4.37. The maximum Gasteiger partial charge on any atom is 0.259 e. The number of amides is 1. The van der Waals surface area contributed by atoms with Gasteiger partial charge < -0.3 is 15.2 Å². The number of hydrogen-bond donors (Lipinski definition) is 2. The molecule has 2 heterocycles. The van der Waals surface area contributed by atoms with E-state index >= 15 is 0 Å². The number of hydrogen-bond acceptors (Lipinski definition) is 5. The van der Waals surface area contributed by atoms with Crippen LogP contribution >= 0.6 is 0 Å². The molecule has 1 amide bonds. The molecule has 7 nitrogen and oxygen atoms in total. The first-order valence-electron chi connectivity index (χ1n) is 11.4. The highest BCUT2D eigenvalue weighted by molar-refractivity contribution is 5.94. The molecule has 4 rings (SSSR count). The van der Waals surface area contributed by atoms with E-state index in [1.807, 2.05) is 54.9 Å². The number of phenols is 1. The lowest BCUT2D eigenvalue weighted by atomic mass is 10.0. The summed E-state index contributed by atoms with van der Waals surface area (Å²) in [7, 11) is 1.54. The molecule has 1 atom stereocenters. The standard InChI is InChI=1S/C26H32N4O3/c1-18-15-20(16-19(2)24(18)31)17-29-13-10-22(11-14-29)30-23(9-12-27-30)28-26(32)25(33-3)21-7-5-4-6-8-21/h4-9,12,15-16,22,25,31H,10-11,13-14,17H2,1-3H3,(H,28,32)/t25-/m0/s1. The largest absolute Gasteiger partial charge is 0.507 e. The molecule has 1 saturated heterocycles. The fourth-order valence-electron chi connectivity index (χ4n) is 4.64. The van der Waals surface area contributed by atoms with E-state index in [1.165, 1.54) is 5.56 Å². The lowest BCUT2D eigenvalue weighted by Crippen LogP contribution is -2.35. The van der Waals surface area contributed by atoms with Gasteiger partial charge in [0.25, 0.3) is 5.91 Å². The second-order valence-corrected chi connectivity index (χ2v) is 8.76. The number of carbonyl (C=O) groups is 1. The number of aromatic nitrogens is 2. The average molecular weight is 449 g/mol. The molecule has 1 fully saturated rings. The van der Waals surface area contributed by atoms with Crippen LogP contribution in [0.5, 0.6) is 5.75 Å². The Balaban J connectivity index is 1.37. The maximum atomic E-state index is 12.9. The van der Waals surface area contributed by atoms with Crippen molar-refractivity contribution < 1.29 is 14.6 Å². The van der Waals surface area contributed by atoms with Gasteiger partial charge in [-0.3, -0.25) is 9.69 Å². The van der Waals surface area contributed by atoms with Crippen molar-refractivity contribution in [2.75, 3.05) is 25.5 Å². The molecule has 0 unspecified atom stereocenters. The number of benzene rings is 2. The second kappa shape index (κ2) is 10.2. The first kappa shape index (κ1) is 23.0. The number of nitrogens with zero attached hydrogens (tertiary/aromatic N) is 3. The maximum absolute atomic E-state index is 12.9. The fourth-order valence-corrected chi connectivity index (χ4v) is 4.64. The lowest BCUT2D eigenvalue weighted by Gasteiger charge is -2.33. The van der Waals surface area contributed by atoms with E-state index in [2.05, 4.69) is 27.4 Å². The summed E-state index contributed by atoms with van der Waals surface area (Å²) in [4.78, 5) is 15.3. The van der Waals surface area contributed by atoms with E-state index in [0.29, 0.717) is 11.6 Å². The summed E-state index contributed by atoms with van der Waals surface area (Å²) in [5.41, 5.74) is 3.87. The molecule has 3 aromatic rings. The Morgan fingerprint density at radius 3 is 2.45 bits per heavy atom. The molecule has 0 saturated carbocycles. The number of piperidine rings is 1. The number of rotatable bonds is 7. The number of carbonyl (C=O) groups excluding carboxylic acids is 1. The summed E-state index contributed by atoms with van der Waals surface area (Å²) < 4.78 is 7.40. The van der Waals surface area contributed by atoms with Crippen LogP contribution in [0.3, 0.4) is 0 Å². The van der Waals surface area contributed by atoms with Crippen molar-refractivity contribution in [2.45, 2.75) is 45.4 Å². The van der Waals surface area contributed by atoms with Crippen LogP contribution in [0.4, 0.5) is 5.82 Å². The van der Waals surface area contributed by atoms with E-state index in [1.54, 1.807) is 13.3 Å². The van der Waals surface area contributed by atoms with Crippen molar-refractivity contribution in [2.24, 2.45) is 0 Å². The fraction of sp³-hybridized carbons (Fsp3) is 0.385. The number of anilines is 1. The highest BCUT2D eigenvalue weighted by Gasteiger charge is 2.25. The first-order valence-corrected chi connectivity index (χ1v) is 11.4. The van der Waals surface area contributed by atoms with Crippen molar-refractivity contribution in [3.05, 3.63) is 77.0 Å². The Morgan fingerprint density at radius 2 is 1.82 bits per heavy atom. The third-order valence-corrected chi connectivity index (χ3v) is 6.36. The minimum atomic E-state index is -0.673. The molecule has 174 valence electrons. The van der Waals surface area contributed by atoms with E-state index in [-0.39, 0.29) is 11.9 Å². The summed E-state index contributed by atoms with van der Waals surface area (Å²) >= 11 is 0. The van der Waals surface area contributed by atoms with E-state index in [0.717, 1.165) is 49.2 Å². The topological polar surface area (TPSA) is 79.6 Å². The highest BCUT2D eigenvalue weighted by Crippen LogP contribution is 2.29. The minimum Gasteiger partial charge on any atom is -0.507 e. The SMILES string of the molecule is CO[C@H](C(=O)Nc1ccnn1C1CCN(Cc2cc(C)c(O)c(C)c2)CC1)c1ccccc1. The van der Waals surface area contributed by atoms with Crippen LogP contribution in [0.25, 0.3) is 0 Å². The van der Waals surface area contributed by atoms with Crippen LogP contribution in [0.2, 0.25) is 0 Å². The van der Waals surface area contributed by atoms with Crippen molar-refractivity contribution in [1.29, 1.82) is 0 Å². The molecule has 2 aromatic carbocycles. The van der Waals surface area contributed by atoms with Gasteiger partial charge >= 0.3 is 0 Å². The van der Waals surface area contributed by atoms with E-state index in [4.69, 9.17) is 4.74 Å². The van der Waals surface area contributed by atoms with Gasteiger partial charge in [-0.15, -0.1) is 0 Å². The lowest BCUT2D eigenvalue weighted by molar-refractivity contribution is -0.126. The Labute approximate surface area is 195 Å². The van der Waals surface area contributed by atoms with Crippen LogP contribution in [-0.4, -0.2) is 45.9 Å². The number of likely N-dealkylation sites (tertiary alicyclic amines) is 1. The van der Waals surface area contributed by atoms with Crippen LogP contribution < -0.4 is 5.32 Å². The number of aryl methyl sites for hydroxylation is 2. The highest BCUT2D eigenvalue weighted by atomic mass is 16.5. The smallest absolute Gasteiger partial charge is 0.259 e. The number of phenolic OH excluding ortho intramolecular Hbond substituents is 1. The van der Waals surface area contributed by atoms with Crippen molar-refractivity contribution >= 4 is 11.7 Å². The Bertz CT molecular complexity index is 1060. The Kier molecular flexibility index (Phi) is 7.11. The van der Waals surface area contributed by atoms with E-state index < -0.39 is 6.10 Å². The van der Waals surface area contributed by atoms with E-state index in [9.17, 15) is 9.90 Å². The van der Waals surface area contributed by atoms with Crippen molar-refractivity contribution in [3.63, 3.8) is 0 Å². The van der Waals surface area contributed by atoms with Crippen molar-refractivity contribution in [1.82, 2.24) is 14.7 Å². The zero-order valence-electron chi connectivity index (χ0n) is 19.5. The summed E-state index contributed by atoms with van der Waals surface area (Å²) in [6.07, 6.45) is 2.96. The number of aromatic hydroxyl groups is 1. The number of nitrogens with one attached hydrogen (secondary N) is 1. The molecular weight excluding hydrogens is 416 g/mol. The molecule has 0 spiro atoms. The van der Waals surface area contributed by atoms with Crippen LogP contribution in [0, 0.1) is 13.8 Å². The van der Waals surface area contributed by atoms with Gasteiger partial charge in [-0.25, -0.2) is 4.68 Å². The molecule has 1 aliphatic rings. The molecule has 1 aliphatic heterocycles. The zero-order chi connectivity index (χ0) is 23.4. The summed E-state index contributed by atoms with van der Waals surface area (Å²) in [5, 5.41) is 17.5. The van der Waals surface area contributed by atoms with Gasteiger partial charge in [-0.2, -0.15) is 5.10 Å². The summed E-state index contributed by atoms with van der Waals surface area (Å²) in [6.45, 7) is 6.64.